The number of para-hydroxylation sites is 1. The monoisotopic (exact) mass is 403 g/mol. The Labute approximate surface area is 168 Å². The molecule has 29 heavy (non-hydrogen) atoms. The average molecular weight is 403 g/mol. The number of imide groups is 1. The average Bonchev–Trinajstić information content (AvgIpc) is 3.12. The maximum absolute atomic E-state index is 12.2. The fourth-order valence-corrected chi connectivity index (χ4v) is 2.75. The summed E-state index contributed by atoms with van der Waals surface area (Å²) in [6, 6.07) is 7.77. The zero-order valence-electron chi connectivity index (χ0n) is 16.5. The molecule has 0 spiro atoms. The number of hydrogen-bond donors (Lipinski definition) is 2. The molecule has 0 aliphatic rings. The van der Waals surface area contributed by atoms with Gasteiger partial charge in [0.25, 0.3) is 5.91 Å². The first kappa shape index (κ1) is 21.9. The number of nitrogens with one attached hydrogen (secondary N) is 2. The zero-order valence-corrected chi connectivity index (χ0v) is 16.5. The molecular formula is C20H25N3O6. The van der Waals surface area contributed by atoms with Crippen molar-refractivity contribution in [3.05, 3.63) is 36.0 Å². The van der Waals surface area contributed by atoms with Gasteiger partial charge in [-0.05, 0) is 31.9 Å². The first-order valence-electron chi connectivity index (χ1n) is 9.39. The zero-order chi connectivity index (χ0) is 21.2. The van der Waals surface area contributed by atoms with Crippen LogP contribution in [0, 0.1) is 0 Å². The third kappa shape index (κ3) is 6.63. The number of aryl methyl sites for hydroxylation is 1. The van der Waals surface area contributed by atoms with E-state index < -0.39 is 30.5 Å². The molecule has 2 aromatic rings. The van der Waals surface area contributed by atoms with Gasteiger partial charge in [-0.1, -0.05) is 18.2 Å². The van der Waals surface area contributed by atoms with Gasteiger partial charge in [0.05, 0.1) is 6.61 Å². The number of hydrogen-bond acceptors (Lipinski definition) is 6. The van der Waals surface area contributed by atoms with E-state index in [0.717, 1.165) is 16.5 Å². The molecule has 2 N–H and O–H groups in total. The van der Waals surface area contributed by atoms with Crippen LogP contribution in [0.15, 0.2) is 30.5 Å². The summed E-state index contributed by atoms with van der Waals surface area (Å²) in [5, 5.41) is 3.05. The smallest absolute Gasteiger partial charge is 0.413 e. The molecular weight excluding hydrogens is 378 g/mol. The topological polar surface area (TPSA) is 118 Å². The molecule has 0 saturated carbocycles. The first-order chi connectivity index (χ1) is 13.9. The molecule has 0 aliphatic heterocycles. The maximum atomic E-state index is 12.2. The molecule has 0 atom stereocenters. The van der Waals surface area contributed by atoms with E-state index in [1.54, 1.807) is 13.8 Å². The molecule has 0 unspecified atom stereocenters. The minimum Gasteiger partial charge on any atom is -0.456 e. The van der Waals surface area contributed by atoms with Gasteiger partial charge in [0.2, 0.25) is 5.91 Å². The lowest BCUT2D eigenvalue weighted by molar-refractivity contribution is -0.152. The van der Waals surface area contributed by atoms with E-state index >= 15 is 0 Å². The van der Waals surface area contributed by atoms with Crippen molar-refractivity contribution in [3.63, 3.8) is 0 Å². The second kappa shape index (κ2) is 10.8. The number of benzene rings is 1. The van der Waals surface area contributed by atoms with Crippen molar-refractivity contribution in [3.8, 4) is 0 Å². The van der Waals surface area contributed by atoms with Crippen LogP contribution in [0.25, 0.3) is 10.9 Å². The Morgan fingerprint density at radius 3 is 2.59 bits per heavy atom. The van der Waals surface area contributed by atoms with E-state index in [-0.39, 0.29) is 26.1 Å². The largest absolute Gasteiger partial charge is 0.456 e. The summed E-state index contributed by atoms with van der Waals surface area (Å²) in [7, 11) is 0. The Morgan fingerprint density at radius 2 is 1.86 bits per heavy atom. The van der Waals surface area contributed by atoms with Gasteiger partial charge in [0.1, 0.15) is 6.54 Å². The third-order valence-corrected chi connectivity index (χ3v) is 4.22. The Bertz CT molecular complexity index is 876. The number of H-pyrrole nitrogens is 1. The number of ether oxygens (including phenoxy) is 2. The van der Waals surface area contributed by atoms with Crippen LogP contribution in [-0.4, -0.2) is 60.1 Å². The molecule has 0 fully saturated rings. The predicted molar refractivity (Wildman–Crippen MR) is 105 cm³/mol. The van der Waals surface area contributed by atoms with Crippen molar-refractivity contribution < 1.29 is 28.7 Å². The van der Waals surface area contributed by atoms with E-state index in [1.165, 1.54) is 4.90 Å². The number of carbonyl (C=O) groups excluding carboxylic acids is 4. The Hall–Kier alpha value is -3.36. The molecule has 1 aromatic heterocycles. The second-order valence-electron chi connectivity index (χ2n) is 6.20. The van der Waals surface area contributed by atoms with Gasteiger partial charge < -0.3 is 19.4 Å². The van der Waals surface area contributed by atoms with Gasteiger partial charge in [-0.15, -0.1) is 0 Å². The summed E-state index contributed by atoms with van der Waals surface area (Å²) in [6.45, 7) is 2.84. The van der Waals surface area contributed by atoms with Crippen LogP contribution in [0.3, 0.4) is 0 Å². The molecule has 9 heteroatoms. The van der Waals surface area contributed by atoms with Crippen LogP contribution >= 0.6 is 0 Å². The quantitative estimate of drug-likeness (QED) is 0.616. The highest BCUT2D eigenvalue weighted by Crippen LogP contribution is 2.19. The summed E-state index contributed by atoms with van der Waals surface area (Å²) in [6.07, 6.45) is 1.59. The molecule has 156 valence electrons. The molecule has 1 aromatic carbocycles. The second-order valence-corrected chi connectivity index (χ2v) is 6.20. The number of carbonyl (C=O) groups is 4. The van der Waals surface area contributed by atoms with Gasteiger partial charge in [-0.25, -0.2) is 4.79 Å². The van der Waals surface area contributed by atoms with Gasteiger partial charge in [-0.2, -0.15) is 0 Å². The fraction of sp³-hybridized carbons (Fsp3) is 0.400. The summed E-state index contributed by atoms with van der Waals surface area (Å²) < 4.78 is 9.64. The molecule has 1 heterocycles. The highest BCUT2D eigenvalue weighted by atomic mass is 16.5. The van der Waals surface area contributed by atoms with Crippen molar-refractivity contribution in [1.29, 1.82) is 0 Å². The van der Waals surface area contributed by atoms with Crippen molar-refractivity contribution in [2.75, 3.05) is 26.3 Å². The van der Waals surface area contributed by atoms with E-state index in [2.05, 4.69) is 9.72 Å². The number of aromatic amines is 1. The number of rotatable bonds is 9. The number of alkyl carbamates (subject to hydrolysis) is 1. The molecule has 0 saturated heterocycles. The van der Waals surface area contributed by atoms with E-state index in [9.17, 15) is 19.2 Å². The minimum atomic E-state index is -0.871. The van der Waals surface area contributed by atoms with Gasteiger partial charge in [0.15, 0.2) is 6.61 Å². The summed E-state index contributed by atoms with van der Waals surface area (Å²) in [5.41, 5.74) is 1.99. The number of likely N-dealkylation sites (N-methyl/N-ethyl adjacent to an activating group) is 1. The molecule has 9 nitrogen and oxygen atoms in total. The summed E-state index contributed by atoms with van der Waals surface area (Å²) >= 11 is 0. The number of esters is 1. The van der Waals surface area contributed by atoms with Crippen LogP contribution in [0.4, 0.5) is 4.79 Å². The van der Waals surface area contributed by atoms with Gasteiger partial charge in [0, 0.05) is 30.1 Å². The lowest BCUT2D eigenvalue weighted by Gasteiger charge is -2.19. The SMILES string of the molecule is CCOC(=O)NC(=O)CN(CC)C(=O)COC(=O)CCc1c[nH]c2ccccc12. The molecule has 3 amide bonds. The number of amides is 3. The van der Waals surface area contributed by atoms with Crippen LogP contribution in [0.2, 0.25) is 0 Å². The van der Waals surface area contributed by atoms with Crippen molar-refractivity contribution >= 4 is 34.8 Å². The predicted octanol–water partition coefficient (Wildman–Crippen LogP) is 1.76. The highest BCUT2D eigenvalue weighted by Gasteiger charge is 2.19. The lowest BCUT2D eigenvalue weighted by Crippen LogP contribution is -2.44. The summed E-state index contributed by atoms with van der Waals surface area (Å²) in [5.74, 6) is -1.70. The van der Waals surface area contributed by atoms with Crippen LogP contribution in [0.5, 0.6) is 0 Å². The number of aromatic nitrogens is 1. The number of nitrogens with zero attached hydrogens (tertiary/aromatic N) is 1. The van der Waals surface area contributed by atoms with E-state index in [4.69, 9.17) is 4.74 Å². The van der Waals surface area contributed by atoms with E-state index in [1.807, 2.05) is 35.8 Å². The molecule has 2 rings (SSSR count). The highest BCUT2D eigenvalue weighted by molar-refractivity contribution is 5.95. The first-order valence-corrected chi connectivity index (χ1v) is 9.39. The molecule has 0 aliphatic carbocycles. The Morgan fingerprint density at radius 1 is 1.10 bits per heavy atom. The van der Waals surface area contributed by atoms with Crippen LogP contribution < -0.4 is 5.32 Å². The van der Waals surface area contributed by atoms with Crippen molar-refractivity contribution in [2.45, 2.75) is 26.7 Å². The summed E-state index contributed by atoms with van der Waals surface area (Å²) in [4.78, 5) is 51.5. The number of fused-ring (bicyclic) bond motifs is 1. The standard InChI is InChI=1S/C20H25N3O6/c1-3-23(12-17(24)22-20(27)28-4-2)18(25)13-29-19(26)10-9-14-11-21-16-8-6-5-7-15(14)16/h5-8,11,21H,3-4,9-10,12-13H2,1-2H3,(H,22,24,27). The lowest BCUT2D eigenvalue weighted by atomic mass is 10.1. The molecule has 0 bridgehead atoms. The van der Waals surface area contributed by atoms with Gasteiger partial charge >= 0.3 is 12.1 Å². The third-order valence-electron chi connectivity index (χ3n) is 4.22. The molecule has 0 radical (unpaired) electrons. The van der Waals surface area contributed by atoms with Crippen LogP contribution in [0.1, 0.15) is 25.8 Å². The van der Waals surface area contributed by atoms with Gasteiger partial charge in [-0.3, -0.25) is 19.7 Å². The van der Waals surface area contributed by atoms with Crippen molar-refractivity contribution in [2.24, 2.45) is 0 Å². The van der Waals surface area contributed by atoms with E-state index in [0.29, 0.717) is 6.42 Å². The van der Waals surface area contributed by atoms with Crippen molar-refractivity contribution in [1.82, 2.24) is 15.2 Å². The normalized spacial score (nSPS) is 10.4. The minimum absolute atomic E-state index is 0.129. The Balaban J connectivity index is 1.76. The fourth-order valence-electron chi connectivity index (χ4n) is 2.75. The maximum Gasteiger partial charge on any atom is 0.413 e. The Kier molecular flexibility index (Phi) is 8.20. The van der Waals surface area contributed by atoms with Crippen LogP contribution in [-0.2, 0) is 30.3 Å².